The van der Waals surface area contributed by atoms with Gasteiger partial charge in [0.15, 0.2) is 0 Å². The molecule has 1 aliphatic heterocycles. The number of hydrogen-bond acceptors (Lipinski definition) is 4. The summed E-state index contributed by atoms with van der Waals surface area (Å²) in [6, 6.07) is 18.7. The number of benzene rings is 2. The first-order chi connectivity index (χ1) is 14.0. The van der Waals surface area contributed by atoms with Crippen molar-refractivity contribution in [3.8, 4) is 0 Å². The third-order valence-electron chi connectivity index (χ3n) is 5.24. The fourth-order valence-corrected chi connectivity index (χ4v) is 4.69. The van der Waals surface area contributed by atoms with Gasteiger partial charge in [0.2, 0.25) is 11.8 Å². The Morgan fingerprint density at radius 3 is 2.55 bits per heavy atom. The maximum absolute atomic E-state index is 13.2. The van der Waals surface area contributed by atoms with Crippen molar-refractivity contribution >= 4 is 23.6 Å². The number of aryl methyl sites for hydroxylation is 1. The van der Waals surface area contributed by atoms with Crippen LogP contribution < -0.4 is 5.73 Å². The molecule has 5 nitrogen and oxygen atoms in total. The number of hydrogen-bond donors (Lipinski definition) is 1. The number of thioether (sulfide) groups is 1. The Kier molecular flexibility index (Phi) is 7.72. The van der Waals surface area contributed by atoms with Crippen LogP contribution in [0.4, 0.5) is 0 Å². The zero-order valence-corrected chi connectivity index (χ0v) is 17.7. The van der Waals surface area contributed by atoms with Crippen LogP contribution >= 0.6 is 11.8 Å². The van der Waals surface area contributed by atoms with Crippen molar-refractivity contribution in [2.24, 2.45) is 5.73 Å². The van der Waals surface area contributed by atoms with Gasteiger partial charge < -0.3 is 10.6 Å². The van der Waals surface area contributed by atoms with Gasteiger partial charge in [-0.25, -0.2) is 0 Å². The van der Waals surface area contributed by atoms with Crippen LogP contribution in [0.25, 0.3) is 0 Å². The van der Waals surface area contributed by atoms with Crippen molar-refractivity contribution < 1.29 is 9.59 Å². The summed E-state index contributed by atoms with van der Waals surface area (Å²) in [5.41, 5.74) is 8.88. The van der Waals surface area contributed by atoms with E-state index in [0.29, 0.717) is 19.6 Å². The topological polar surface area (TPSA) is 66.6 Å². The van der Waals surface area contributed by atoms with Crippen LogP contribution in [0.3, 0.4) is 0 Å². The van der Waals surface area contributed by atoms with E-state index in [0.717, 1.165) is 23.6 Å². The molecule has 6 heteroatoms. The minimum absolute atomic E-state index is 0.0408. The average molecular weight is 412 g/mol. The lowest BCUT2D eigenvalue weighted by Crippen LogP contribution is -2.45. The van der Waals surface area contributed by atoms with E-state index in [1.807, 2.05) is 42.1 Å². The highest BCUT2D eigenvalue weighted by atomic mass is 32.2. The van der Waals surface area contributed by atoms with Gasteiger partial charge in [0.1, 0.15) is 0 Å². The van der Waals surface area contributed by atoms with Crippen molar-refractivity contribution in [2.75, 3.05) is 31.1 Å². The van der Waals surface area contributed by atoms with Crippen molar-refractivity contribution in [3.05, 3.63) is 71.3 Å². The first kappa shape index (κ1) is 21.4. The van der Waals surface area contributed by atoms with Gasteiger partial charge in [-0.15, -0.1) is 0 Å². The lowest BCUT2D eigenvalue weighted by molar-refractivity contribution is -0.134. The average Bonchev–Trinajstić information content (AvgIpc) is 2.73. The first-order valence-electron chi connectivity index (χ1n) is 10.0. The predicted octanol–water partition coefficient (Wildman–Crippen LogP) is 2.99. The van der Waals surface area contributed by atoms with Gasteiger partial charge in [-0.2, -0.15) is 11.8 Å². The molecule has 1 fully saturated rings. The van der Waals surface area contributed by atoms with E-state index in [1.165, 1.54) is 11.1 Å². The highest BCUT2D eigenvalue weighted by Crippen LogP contribution is 2.29. The van der Waals surface area contributed by atoms with Gasteiger partial charge in [0, 0.05) is 43.6 Å². The third-order valence-corrected chi connectivity index (χ3v) is 6.26. The number of primary amides is 1. The molecule has 1 heterocycles. The van der Waals surface area contributed by atoms with Crippen molar-refractivity contribution in [3.63, 3.8) is 0 Å². The van der Waals surface area contributed by atoms with E-state index in [-0.39, 0.29) is 24.3 Å². The second-order valence-electron chi connectivity index (χ2n) is 7.49. The molecule has 0 radical (unpaired) electrons. The Balaban J connectivity index is 1.71. The monoisotopic (exact) mass is 411 g/mol. The van der Waals surface area contributed by atoms with Crippen LogP contribution in [0, 0.1) is 6.92 Å². The van der Waals surface area contributed by atoms with Crippen LogP contribution in [0.1, 0.15) is 29.2 Å². The van der Waals surface area contributed by atoms with Crippen molar-refractivity contribution in [2.45, 2.75) is 25.9 Å². The molecular weight excluding hydrogens is 382 g/mol. The Hall–Kier alpha value is -2.31. The maximum atomic E-state index is 13.2. The zero-order chi connectivity index (χ0) is 20.6. The normalized spacial score (nSPS) is 17.1. The number of rotatable bonds is 8. The minimum Gasteiger partial charge on any atom is -0.370 e. The third kappa shape index (κ3) is 6.34. The van der Waals surface area contributed by atoms with Crippen LogP contribution in [0.5, 0.6) is 0 Å². The Bertz CT molecular complexity index is 811. The first-order valence-corrected chi connectivity index (χ1v) is 11.2. The number of nitrogens with zero attached hydrogens (tertiary/aromatic N) is 2. The van der Waals surface area contributed by atoms with Gasteiger partial charge in [0.05, 0.1) is 6.54 Å². The molecule has 0 spiro atoms. The molecule has 0 bridgehead atoms. The van der Waals surface area contributed by atoms with Gasteiger partial charge in [-0.3, -0.25) is 14.5 Å². The summed E-state index contributed by atoms with van der Waals surface area (Å²) in [5.74, 6) is 1.66. The predicted molar refractivity (Wildman–Crippen MR) is 118 cm³/mol. The van der Waals surface area contributed by atoms with Crippen LogP contribution in [-0.4, -0.2) is 52.8 Å². The number of amides is 2. The Labute approximate surface area is 177 Å². The quantitative estimate of drug-likeness (QED) is 0.725. The van der Waals surface area contributed by atoms with Crippen LogP contribution in [0.15, 0.2) is 54.6 Å². The van der Waals surface area contributed by atoms with Gasteiger partial charge in [0.25, 0.3) is 0 Å². The number of carbonyl (C=O) groups is 2. The smallest absolute Gasteiger partial charge is 0.237 e. The molecule has 1 atom stereocenters. The number of nitrogens with two attached hydrogens (primary N) is 1. The van der Waals surface area contributed by atoms with E-state index >= 15 is 0 Å². The molecule has 1 saturated heterocycles. The summed E-state index contributed by atoms with van der Waals surface area (Å²) in [5, 5.41) is 0. The molecule has 3 rings (SSSR count). The maximum Gasteiger partial charge on any atom is 0.237 e. The molecule has 29 heavy (non-hydrogen) atoms. The summed E-state index contributed by atoms with van der Waals surface area (Å²) in [6.07, 6.45) is 0.176. The minimum atomic E-state index is -0.386. The summed E-state index contributed by atoms with van der Waals surface area (Å²) in [6.45, 7) is 4.15. The highest BCUT2D eigenvalue weighted by Gasteiger charge is 2.27. The zero-order valence-electron chi connectivity index (χ0n) is 16.9. The fraction of sp³-hybridized carbons (Fsp3) is 0.391. The van der Waals surface area contributed by atoms with Gasteiger partial charge in [-0.1, -0.05) is 60.2 Å². The summed E-state index contributed by atoms with van der Waals surface area (Å²) < 4.78 is 0. The van der Waals surface area contributed by atoms with Crippen molar-refractivity contribution in [1.29, 1.82) is 0 Å². The molecule has 2 N–H and O–H groups in total. The largest absolute Gasteiger partial charge is 0.370 e. The van der Waals surface area contributed by atoms with E-state index < -0.39 is 0 Å². The lowest BCUT2D eigenvalue weighted by atomic mass is 10.0. The lowest BCUT2D eigenvalue weighted by Gasteiger charge is -2.36. The molecule has 2 aromatic carbocycles. The molecule has 0 saturated carbocycles. The Morgan fingerprint density at radius 1 is 1.14 bits per heavy atom. The van der Waals surface area contributed by atoms with E-state index in [9.17, 15) is 9.59 Å². The van der Waals surface area contributed by atoms with Crippen LogP contribution in [0.2, 0.25) is 0 Å². The highest BCUT2D eigenvalue weighted by molar-refractivity contribution is 7.99. The summed E-state index contributed by atoms with van der Waals surface area (Å²) in [4.78, 5) is 28.5. The SMILES string of the molecule is Cc1ccc(C2CSCCN2CC(=O)N(CCC(N)=O)Cc2ccccc2)cc1. The Morgan fingerprint density at radius 2 is 1.86 bits per heavy atom. The molecular formula is C23H29N3O2S. The molecule has 0 aliphatic carbocycles. The van der Waals surface area contributed by atoms with E-state index in [1.54, 1.807) is 4.90 Å². The molecule has 154 valence electrons. The fourth-order valence-electron chi connectivity index (χ4n) is 3.54. The summed E-state index contributed by atoms with van der Waals surface area (Å²) in [7, 11) is 0. The molecule has 1 unspecified atom stereocenters. The van der Waals surface area contributed by atoms with Gasteiger partial charge in [-0.05, 0) is 18.1 Å². The van der Waals surface area contributed by atoms with Crippen molar-refractivity contribution in [1.82, 2.24) is 9.80 Å². The standard InChI is InChI=1S/C23H29N3O2S/c1-18-7-9-20(10-8-18)21-17-29-14-13-25(21)16-23(28)26(12-11-22(24)27)15-19-5-3-2-4-6-19/h2-10,21H,11-17H2,1H3,(H2,24,27). The molecule has 2 amide bonds. The molecule has 1 aliphatic rings. The van der Waals surface area contributed by atoms with Gasteiger partial charge >= 0.3 is 0 Å². The molecule has 2 aromatic rings. The number of carbonyl (C=O) groups excluding carboxylic acids is 2. The molecule has 0 aromatic heterocycles. The second-order valence-corrected chi connectivity index (χ2v) is 8.64. The van der Waals surface area contributed by atoms with E-state index in [2.05, 4.69) is 36.1 Å². The summed E-state index contributed by atoms with van der Waals surface area (Å²) >= 11 is 1.93. The van der Waals surface area contributed by atoms with E-state index in [4.69, 9.17) is 5.73 Å². The van der Waals surface area contributed by atoms with Crippen LogP contribution in [-0.2, 0) is 16.1 Å². The second kappa shape index (κ2) is 10.5.